The van der Waals surface area contributed by atoms with Crippen LogP contribution in [0.15, 0.2) is 273 Å². The Balaban J connectivity index is 1.02. The van der Waals surface area contributed by atoms with Gasteiger partial charge in [0.2, 0.25) is 0 Å². The Morgan fingerprint density at radius 3 is 1.00 bits per heavy atom. The molecule has 1 nitrogen and oxygen atoms in total. The van der Waals surface area contributed by atoms with Crippen molar-refractivity contribution in [2.45, 2.75) is 10.8 Å². The van der Waals surface area contributed by atoms with Crippen LogP contribution in [0.4, 0.5) is 17.1 Å². The van der Waals surface area contributed by atoms with Gasteiger partial charge in [-0.3, -0.25) is 0 Å². The van der Waals surface area contributed by atoms with Gasteiger partial charge in [0, 0.05) is 17.1 Å². The summed E-state index contributed by atoms with van der Waals surface area (Å²) in [7, 11) is 0. The maximum Gasteiger partial charge on any atom is 0.0726 e. The van der Waals surface area contributed by atoms with Gasteiger partial charge in [-0.1, -0.05) is 237 Å². The van der Waals surface area contributed by atoms with Crippen LogP contribution in [-0.2, 0) is 10.8 Å². The molecule has 0 aromatic heterocycles. The fraction of sp³-hybridized carbons (Fsp3) is 0.0294. The van der Waals surface area contributed by atoms with Crippen molar-refractivity contribution in [2.75, 3.05) is 4.90 Å². The maximum atomic E-state index is 2.60. The molecule has 0 saturated carbocycles. The molecule has 0 N–H and O–H groups in total. The van der Waals surface area contributed by atoms with Crippen LogP contribution < -0.4 is 4.90 Å². The topological polar surface area (TPSA) is 3.24 Å². The maximum absolute atomic E-state index is 2.60. The van der Waals surface area contributed by atoms with Crippen LogP contribution in [0.1, 0.15) is 44.5 Å². The molecule has 1 heteroatoms. The molecular formula is C68H45N. The molecule has 14 rings (SSSR count). The van der Waals surface area contributed by atoms with Crippen molar-refractivity contribution >= 4 is 17.1 Å². The van der Waals surface area contributed by atoms with E-state index in [0.717, 1.165) is 17.1 Å². The van der Waals surface area contributed by atoms with E-state index in [9.17, 15) is 0 Å². The summed E-state index contributed by atoms with van der Waals surface area (Å²) in [6, 6.07) is 102. The molecule has 0 atom stereocenters. The van der Waals surface area contributed by atoms with E-state index in [-0.39, 0.29) is 0 Å². The largest absolute Gasteiger partial charge is 0.310 e. The molecule has 0 saturated heterocycles. The van der Waals surface area contributed by atoms with Crippen molar-refractivity contribution in [3.8, 4) is 55.6 Å². The number of hydrogen-bond donors (Lipinski definition) is 0. The predicted octanol–water partition coefficient (Wildman–Crippen LogP) is 17.2. The summed E-state index contributed by atoms with van der Waals surface area (Å²) in [5, 5.41) is 0. The Bertz CT molecular complexity index is 3580. The van der Waals surface area contributed by atoms with Crippen molar-refractivity contribution in [1.29, 1.82) is 0 Å². The normalized spacial score (nSPS) is 13.7. The first-order valence-corrected chi connectivity index (χ1v) is 24.1. The van der Waals surface area contributed by atoms with Gasteiger partial charge in [-0.25, -0.2) is 0 Å². The Hall–Kier alpha value is -8.78. The Morgan fingerprint density at radius 2 is 0.536 bits per heavy atom. The molecule has 0 radical (unpaired) electrons. The molecule has 3 aliphatic rings. The minimum absolute atomic E-state index is 0.531. The van der Waals surface area contributed by atoms with Crippen LogP contribution in [0.3, 0.4) is 0 Å². The number of fused-ring (bicyclic) bond motifs is 13. The fourth-order valence-electron chi connectivity index (χ4n) is 12.5. The summed E-state index contributed by atoms with van der Waals surface area (Å²) >= 11 is 0. The minimum Gasteiger partial charge on any atom is -0.310 e. The predicted molar refractivity (Wildman–Crippen MR) is 286 cm³/mol. The average molecular weight is 876 g/mol. The second kappa shape index (κ2) is 15.4. The Labute approximate surface area is 403 Å². The highest BCUT2D eigenvalue weighted by Gasteiger charge is 2.53. The highest BCUT2D eigenvalue weighted by molar-refractivity contribution is 5.97. The lowest BCUT2D eigenvalue weighted by molar-refractivity contribution is 0.751. The van der Waals surface area contributed by atoms with Crippen LogP contribution in [0.2, 0.25) is 0 Å². The van der Waals surface area contributed by atoms with Crippen molar-refractivity contribution < 1.29 is 0 Å². The lowest BCUT2D eigenvalue weighted by Gasteiger charge is -2.36. The van der Waals surface area contributed by atoms with Gasteiger partial charge >= 0.3 is 0 Å². The van der Waals surface area contributed by atoms with Gasteiger partial charge in [0.05, 0.1) is 10.8 Å². The average Bonchev–Trinajstić information content (AvgIpc) is 4.02. The van der Waals surface area contributed by atoms with E-state index in [1.54, 1.807) is 0 Å². The van der Waals surface area contributed by atoms with E-state index in [0.29, 0.717) is 0 Å². The summed E-state index contributed by atoms with van der Waals surface area (Å²) < 4.78 is 0. The van der Waals surface area contributed by atoms with Gasteiger partial charge in [-0.15, -0.1) is 0 Å². The molecule has 0 unspecified atom stereocenters. The Kier molecular flexibility index (Phi) is 8.78. The number of benzene rings is 11. The van der Waals surface area contributed by atoms with Crippen LogP contribution in [-0.4, -0.2) is 0 Å². The highest BCUT2D eigenvalue weighted by atomic mass is 15.1. The molecule has 0 bridgehead atoms. The molecule has 11 aromatic carbocycles. The van der Waals surface area contributed by atoms with Gasteiger partial charge in [0.15, 0.2) is 0 Å². The van der Waals surface area contributed by atoms with Crippen LogP contribution >= 0.6 is 0 Å². The van der Waals surface area contributed by atoms with E-state index in [1.807, 2.05) is 0 Å². The van der Waals surface area contributed by atoms with Crippen molar-refractivity contribution in [2.24, 2.45) is 0 Å². The lowest BCUT2D eigenvalue weighted by Crippen LogP contribution is -2.30. The first kappa shape index (κ1) is 39.4. The SMILES string of the molecule is c1ccc(-c2ccc(N(c3ccc(-c4ccccc4)cc3)c3ccc4c(c3)C3(c5ccccc5-c5ccccc53)c3cc(C5(c6ccccc6)c6ccccc6-c6ccccc65)ccc3-4)cc2)cc1. The molecule has 3 aliphatic carbocycles. The van der Waals surface area contributed by atoms with E-state index in [2.05, 4.69) is 278 Å². The van der Waals surface area contributed by atoms with Gasteiger partial charge < -0.3 is 4.90 Å². The third kappa shape index (κ3) is 5.65. The molecule has 0 aliphatic heterocycles. The fourth-order valence-corrected chi connectivity index (χ4v) is 12.5. The van der Waals surface area contributed by atoms with Gasteiger partial charge in [0.25, 0.3) is 0 Å². The second-order valence-corrected chi connectivity index (χ2v) is 18.7. The van der Waals surface area contributed by atoms with Crippen molar-refractivity contribution in [3.63, 3.8) is 0 Å². The number of hydrogen-bond acceptors (Lipinski definition) is 1. The molecule has 0 heterocycles. The first-order chi connectivity index (χ1) is 34.2. The smallest absolute Gasteiger partial charge is 0.0726 e. The van der Waals surface area contributed by atoms with E-state index >= 15 is 0 Å². The molecular weight excluding hydrogens is 831 g/mol. The summed E-state index contributed by atoms with van der Waals surface area (Å²) in [6.45, 7) is 0. The van der Waals surface area contributed by atoms with E-state index < -0.39 is 10.8 Å². The monoisotopic (exact) mass is 875 g/mol. The van der Waals surface area contributed by atoms with Gasteiger partial charge in [-0.05, 0) is 137 Å². The standard InChI is InChI=1S/C68H45N/c1-4-18-46(19-5-1)48-32-37-52(38-33-48)69(53-39-34-49(35-40-53)47-20-6-2-7-21-47)54-41-43-60-59-42-36-51(44-65(59)68(66(60)45-54)63-30-16-12-26-57(63)58-27-13-17-31-64(58)68)67(50-22-8-3-9-23-50)61-28-14-10-24-55(61)56-25-11-15-29-62(56)67/h1-45H. The van der Waals surface area contributed by atoms with Crippen LogP contribution in [0.5, 0.6) is 0 Å². The molecule has 69 heavy (non-hydrogen) atoms. The first-order valence-electron chi connectivity index (χ1n) is 24.1. The minimum atomic E-state index is -0.584. The van der Waals surface area contributed by atoms with Crippen molar-refractivity contribution in [3.05, 3.63) is 317 Å². The number of rotatable bonds is 7. The molecule has 0 amide bonds. The lowest BCUT2D eigenvalue weighted by atomic mass is 9.65. The van der Waals surface area contributed by atoms with Crippen LogP contribution in [0.25, 0.3) is 55.6 Å². The summed E-state index contributed by atoms with van der Waals surface area (Å²) in [6.07, 6.45) is 0. The van der Waals surface area contributed by atoms with E-state index in [4.69, 9.17) is 0 Å². The number of nitrogens with zero attached hydrogens (tertiary/aromatic N) is 1. The Morgan fingerprint density at radius 1 is 0.203 bits per heavy atom. The van der Waals surface area contributed by atoms with Crippen molar-refractivity contribution in [1.82, 2.24) is 0 Å². The third-order valence-corrected chi connectivity index (χ3v) is 15.4. The van der Waals surface area contributed by atoms with Gasteiger partial charge in [-0.2, -0.15) is 0 Å². The highest BCUT2D eigenvalue weighted by Crippen LogP contribution is 2.65. The second-order valence-electron chi connectivity index (χ2n) is 18.7. The zero-order chi connectivity index (χ0) is 45.5. The molecule has 11 aromatic rings. The quantitative estimate of drug-likeness (QED) is 0.154. The molecule has 0 fully saturated rings. The zero-order valence-corrected chi connectivity index (χ0v) is 37.9. The molecule has 1 spiro atoms. The third-order valence-electron chi connectivity index (χ3n) is 15.4. The molecule has 322 valence electrons. The van der Waals surface area contributed by atoms with E-state index in [1.165, 1.54) is 100 Å². The zero-order valence-electron chi connectivity index (χ0n) is 37.9. The summed E-state index contributed by atoms with van der Waals surface area (Å²) in [4.78, 5) is 2.44. The summed E-state index contributed by atoms with van der Waals surface area (Å²) in [5.41, 5.74) is 25.2. The van der Waals surface area contributed by atoms with Gasteiger partial charge in [0.1, 0.15) is 0 Å². The summed E-state index contributed by atoms with van der Waals surface area (Å²) in [5.74, 6) is 0. The van der Waals surface area contributed by atoms with Crippen LogP contribution in [0, 0.1) is 0 Å². The number of anilines is 3.